The summed E-state index contributed by atoms with van der Waals surface area (Å²) in [5, 5.41) is 41.2. The lowest BCUT2D eigenvalue weighted by Gasteiger charge is -2.27. The molecule has 0 spiro atoms. The van der Waals surface area contributed by atoms with Crippen LogP contribution >= 0.6 is 0 Å². The van der Waals surface area contributed by atoms with Crippen LogP contribution in [0.2, 0.25) is 0 Å². The minimum Gasteiger partial charge on any atom is -0.508 e. The maximum Gasteiger partial charge on any atom is 0.216 e. The third-order valence-corrected chi connectivity index (χ3v) is 8.58. The van der Waals surface area contributed by atoms with Crippen LogP contribution in [0, 0.1) is 5.41 Å². The SMILES string of the molecule is CC(C)(C)c1cc(-c2cc3c(O)cc2OC(=N)C(O)CCCCCCC3c2cccc3c2CCCC3=O)ccc1O. The summed E-state index contributed by atoms with van der Waals surface area (Å²) < 4.78 is 5.96. The molecule has 3 aromatic carbocycles. The number of phenolic OH excluding ortho intramolecular Hbond substituents is 2. The van der Waals surface area contributed by atoms with Crippen LogP contribution in [0.5, 0.6) is 17.2 Å². The Kier molecular flexibility index (Phi) is 8.23. The summed E-state index contributed by atoms with van der Waals surface area (Å²) in [5.74, 6) is 0.336. The molecule has 3 aromatic rings. The Balaban J connectivity index is 1.72. The number of nitrogens with one attached hydrogen (secondary N) is 1. The number of carbonyl (C=O) groups excluding carboxylic acids is 1. The van der Waals surface area contributed by atoms with Gasteiger partial charge in [-0.15, -0.1) is 0 Å². The van der Waals surface area contributed by atoms with Crippen LogP contribution in [0.15, 0.2) is 48.5 Å². The highest BCUT2D eigenvalue weighted by Gasteiger charge is 2.28. The van der Waals surface area contributed by atoms with Gasteiger partial charge in [-0.1, -0.05) is 70.7 Å². The lowest BCUT2D eigenvalue weighted by atomic mass is 9.78. The van der Waals surface area contributed by atoms with Crippen LogP contribution < -0.4 is 4.74 Å². The van der Waals surface area contributed by atoms with E-state index in [1.807, 2.05) is 51.1 Å². The molecule has 0 amide bonds. The molecule has 3 aliphatic rings. The summed E-state index contributed by atoms with van der Waals surface area (Å²) >= 11 is 0. The van der Waals surface area contributed by atoms with Crippen molar-refractivity contribution in [1.29, 1.82) is 5.41 Å². The van der Waals surface area contributed by atoms with E-state index in [2.05, 4.69) is 6.07 Å². The first-order chi connectivity index (χ1) is 19.5. The quantitative estimate of drug-likeness (QED) is 0.258. The number of ether oxygens (including phenoxy) is 1. The minimum absolute atomic E-state index is 0.0580. The molecular formula is C35H41NO5. The number of ketones is 1. The Bertz CT molecular complexity index is 1470. The number of aliphatic hydroxyl groups is 1. The van der Waals surface area contributed by atoms with Crippen molar-refractivity contribution in [1.82, 2.24) is 0 Å². The summed E-state index contributed by atoms with van der Waals surface area (Å²) in [4.78, 5) is 12.8. The fraction of sp³-hybridized carbons (Fsp3) is 0.429. The van der Waals surface area contributed by atoms with Crippen LogP contribution in [0.1, 0.15) is 111 Å². The smallest absolute Gasteiger partial charge is 0.216 e. The zero-order chi connectivity index (χ0) is 29.3. The van der Waals surface area contributed by atoms with Gasteiger partial charge in [0.25, 0.3) is 0 Å². The molecule has 6 rings (SSSR count). The number of aromatic hydroxyl groups is 2. The summed E-state index contributed by atoms with van der Waals surface area (Å²) in [6.45, 7) is 6.10. The van der Waals surface area contributed by atoms with Crippen LogP contribution in [-0.2, 0) is 11.8 Å². The van der Waals surface area contributed by atoms with Crippen molar-refractivity contribution >= 4 is 11.7 Å². The van der Waals surface area contributed by atoms with Gasteiger partial charge in [-0.3, -0.25) is 10.2 Å². The van der Waals surface area contributed by atoms with E-state index in [0.29, 0.717) is 18.4 Å². The molecule has 216 valence electrons. The first-order valence-electron chi connectivity index (χ1n) is 14.8. The number of Topliss-reactive ketones (excluding diaryl/α,β-unsaturated/α-hetero) is 1. The third kappa shape index (κ3) is 6.03. The van der Waals surface area contributed by atoms with E-state index in [1.54, 1.807) is 12.1 Å². The number of hydrogen-bond acceptors (Lipinski definition) is 6. The average Bonchev–Trinajstić information content (AvgIpc) is 2.92. The average molecular weight is 556 g/mol. The number of fused-ring (bicyclic) bond motifs is 12. The normalized spacial score (nSPS) is 20.3. The molecule has 0 fully saturated rings. The lowest BCUT2D eigenvalue weighted by molar-refractivity contribution is 0.0972. The molecule has 2 atom stereocenters. The third-order valence-electron chi connectivity index (χ3n) is 8.58. The number of phenols is 2. The van der Waals surface area contributed by atoms with Crippen LogP contribution in [0.25, 0.3) is 11.1 Å². The summed E-state index contributed by atoms with van der Waals surface area (Å²) in [6.07, 6.45) is 6.05. The number of hydrogen-bond donors (Lipinski definition) is 4. The van der Waals surface area contributed by atoms with Crippen molar-refractivity contribution in [2.75, 3.05) is 0 Å². The topological polar surface area (TPSA) is 111 Å². The molecule has 2 unspecified atom stereocenters. The van der Waals surface area contributed by atoms with Gasteiger partial charge in [0.2, 0.25) is 5.90 Å². The lowest BCUT2D eigenvalue weighted by Crippen LogP contribution is -2.25. The maximum atomic E-state index is 12.8. The fourth-order valence-corrected chi connectivity index (χ4v) is 6.35. The van der Waals surface area contributed by atoms with Gasteiger partial charge in [-0.25, -0.2) is 0 Å². The number of benzene rings is 3. The second kappa shape index (κ2) is 11.7. The Labute approximate surface area is 242 Å². The van der Waals surface area contributed by atoms with Crippen LogP contribution in [0.4, 0.5) is 0 Å². The van der Waals surface area contributed by atoms with Crippen molar-refractivity contribution < 1.29 is 24.9 Å². The molecule has 0 saturated heterocycles. The van der Waals surface area contributed by atoms with Gasteiger partial charge in [0.15, 0.2) is 5.78 Å². The van der Waals surface area contributed by atoms with E-state index in [0.717, 1.165) is 78.3 Å². The molecule has 2 heterocycles. The van der Waals surface area contributed by atoms with Gasteiger partial charge in [0, 0.05) is 35.1 Å². The monoisotopic (exact) mass is 555 g/mol. The van der Waals surface area contributed by atoms with E-state index >= 15 is 0 Å². The Morgan fingerprint density at radius 3 is 2.34 bits per heavy atom. The molecule has 4 N–H and O–H groups in total. The van der Waals surface area contributed by atoms with E-state index in [-0.39, 0.29) is 40.3 Å². The minimum atomic E-state index is -1.03. The van der Waals surface area contributed by atoms with Crippen molar-refractivity contribution in [2.45, 2.75) is 96.0 Å². The van der Waals surface area contributed by atoms with Gasteiger partial charge in [-0.05, 0) is 71.6 Å². The Morgan fingerprint density at radius 1 is 0.829 bits per heavy atom. The zero-order valence-corrected chi connectivity index (χ0v) is 24.3. The summed E-state index contributed by atoms with van der Waals surface area (Å²) in [7, 11) is 0. The van der Waals surface area contributed by atoms with Crippen LogP contribution in [0.3, 0.4) is 0 Å². The van der Waals surface area contributed by atoms with E-state index in [9.17, 15) is 20.1 Å². The maximum absolute atomic E-state index is 12.8. The molecule has 6 nitrogen and oxygen atoms in total. The standard InChI is InChI=1S/C35H41NO5/c1-35(2,3)28-18-21(16-17-30(28)38)26-19-27-24(22-11-8-13-25-23(22)12-9-15-29(25)37)10-6-4-5-7-14-31(39)34(36)41-33(26)20-32(27)40/h8,11,13,16-20,24,31,36,38-40H,4-7,9-10,12,14-15H2,1-3H3. The molecule has 6 heteroatoms. The molecule has 2 aliphatic heterocycles. The van der Waals surface area contributed by atoms with Crippen molar-refractivity contribution in [3.8, 4) is 28.4 Å². The van der Waals surface area contributed by atoms with E-state index in [1.165, 1.54) is 0 Å². The molecule has 0 aromatic heterocycles. The second-order valence-corrected chi connectivity index (χ2v) is 12.6. The molecule has 1 aliphatic carbocycles. The first kappa shape index (κ1) is 28.9. The highest BCUT2D eigenvalue weighted by Crippen LogP contribution is 2.45. The van der Waals surface area contributed by atoms with Crippen molar-refractivity contribution in [2.24, 2.45) is 0 Å². The summed E-state index contributed by atoms with van der Waals surface area (Å²) in [6, 6.07) is 14.9. The second-order valence-electron chi connectivity index (χ2n) is 12.6. The highest BCUT2D eigenvalue weighted by molar-refractivity contribution is 5.98. The van der Waals surface area contributed by atoms with Gasteiger partial charge < -0.3 is 20.1 Å². The number of carbonyl (C=O) groups is 1. The van der Waals surface area contributed by atoms with Gasteiger partial charge >= 0.3 is 0 Å². The highest BCUT2D eigenvalue weighted by atomic mass is 16.5. The predicted octanol–water partition coefficient (Wildman–Crippen LogP) is 7.78. The Hall–Kier alpha value is -3.64. The van der Waals surface area contributed by atoms with Crippen molar-refractivity contribution in [3.63, 3.8) is 0 Å². The van der Waals surface area contributed by atoms with E-state index in [4.69, 9.17) is 10.1 Å². The molecule has 0 radical (unpaired) electrons. The number of aliphatic hydroxyl groups excluding tert-OH is 1. The molecular weight excluding hydrogens is 514 g/mol. The molecule has 2 bridgehead atoms. The van der Waals surface area contributed by atoms with Gasteiger partial charge in [0.1, 0.15) is 23.4 Å². The van der Waals surface area contributed by atoms with Gasteiger partial charge in [0.05, 0.1) is 0 Å². The zero-order valence-electron chi connectivity index (χ0n) is 24.3. The van der Waals surface area contributed by atoms with Crippen molar-refractivity contribution in [3.05, 3.63) is 76.3 Å². The van der Waals surface area contributed by atoms with E-state index < -0.39 is 6.10 Å². The fourth-order valence-electron chi connectivity index (χ4n) is 6.35. The first-order valence-corrected chi connectivity index (χ1v) is 14.8. The Morgan fingerprint density at radius 2 is 1.59 bits per heavy atom. The van der Waals surface area contributed by atoms with Gasteiger partial charge in [-0.2, -0.15) is 0 Å². The number of rotatable bonds is 2. The summed E-state index contributed by atoms with van der Waals surface area (Å²) in [5.41, 5.74) is 5.61. The molecule has 41 heavy (non-hydrogen) atoms. The van der Waals surface area contributed by atoms with Crippen LogP contribution in [-0.4, -0.2) is 33.1 Å². The molecule has 0 saturated carbocycles. The predicted molar refractivity (Wildman–Crippen MR) is 162 cm³/mol. The largest absolute Gasteiger partial charge is 0.508 e.